The van der Waals surface area contributed by atoms with Crippen LogP contribution in [0.4, 0.5) is 4.79 Å². The molecule has 140 valence electrons. The number of unbranched alkanes of at least 4 members (excludes halogenated alkanes) is 1. The van der Waals surface area contributed by atoms with E-state index in [1.54, 1.807) is 24.3 Å². The fourth-order valence-corrected chi connectivity index (χ4v) is 4.11. The Hall–Kier alpha value is -1.80. The summed E-state index contributed by atoms with van der Waals surface area (Å²) in [4.78, 5) is 13.4. The van der Waals surface area contributed by atoms with E-state index in [9.17, 15) is 13.2 Å². The number of sulfonamides is 1. The summed E-state index contributed by atoms with van der Waals surface area (Å²) in [7, 11) is -2.26. The van der Waals surface area contributed by atoms with Gasteiger partial charge in [-0.1, -0.05) is 13.3 Å². The van der Waals surface area contributed by atoms with E-state index < -0.39 is 16.1 Å². The van der Waals surface area contributed by atoms with Crippen LogP contribution in [0, 0.1) is 0 Å². The van der Waals surface area contributed by atoms with Crippen molar-refractivity contribution < 1.29 is 22.7 Å². The van der Waals surface area contributed by atoms with E-state index in [1.165, 1.54) is 16.3 Å². The molecular formula is C17H26N2O5S. The second-order valence-electron chi connectivity index (χ2n) is 5.89. The third-order valence-electron chi connectivity index (χ3n) is 4.12. The van der Waals surface area contributed by atoms with Gasteiger partial charge in [-0.05, 0) is 37.1 Å². The Labute approximate surface area is 149 Å². The SMILES string of the molecule is CCCCOc1ccc(S(=O)(=O)N2CCCN(C(=O)OC)CC2)cc1. The van der Waals surface area contributed by atoms with Gasteiger partial charge in [0.1, 0.15) is 5.75 Å². The van der Waals surface area contributed by atoms with Crippen LogP contribution in [0.3, 0.4) is 0 Å². The van der Waals surface area contributed by atoms with Crippen LogP contribution in [0.2, 0.25) is 0 Å². The zero-order valence-electron chi connectivity index (χ0n) is 14.8. The number of ether oxygens (including phenoxy) is 2. The van der Waals surface area contributed by atoms with Crippen molar-refractivity contribution in [3.8, 4) is 5.75 Å². The lowest BCUT2D eigenvalue weighted by molar-refractivity contribution is 0.126. The fourth-order valence-electron chi connectivity index (χ4n) is 2.64. The van der Waals surface area contributed by atoms with Crippen molar-refractivity contribution in [1.29, 1.82) is 0 Å². The molecule has 0 N–H and O–H groups in total. The molecule has 8 heteroatoms. The van der Waals surface area contributed by atoms with Gasteiger partial charge in [0.15, 0.2) is 0 Å². The Bertz CT molecular complexity index is 660. The number of carbonyl (C=O) groups is 1. The molecule has 7 nitrogen and oxygen atoms in total. The highest BCUT2D eigenvalue weighted by molar-refractivity contribution is 7.89. The topological polar surface area (TPSA) is 76.2 Å². The molecule has 1 saturated heterocycles. The summed E-state index contributed by atoms with van der Waals surface area (Å²) in [6.45, 7) is 4.16. The number of carbonyl (C=O) groups excluding carboxylic acids is 1. The number of hydrogen-bond acceptors (Lipinski definition) is 5. The van der Waals surface area contributed by atoms with Crippen LogP contribution < -0.4 is 4.74 Å². The van der Waals surface area contributed by atoms with E-state index in [2.05, 4.69) is 6.92 Å². The standard InChI is InChI=1S/C17H26N2O5S/c1-3-4-14-24-15-6-8-16(9-7-15)25(21,22)19-11-5-10-18(12-13-19)17(20)23-2/h6-9H,3-5,10-14H2,1-2H3. The van der Waals surface area contributed by atoms with Crippen molar-refractivity contribution in [3.63, 3.8) is 0 Å². The molecule has 1 aromatic rings. The molecule has 0 spiro atoms. The van der Waals surface area contributed by atoms with Crippen molar-refractivity contribution >= 4 is 16.1 Å². The number of benzene rings is 1. The van der Waals surface area contributed by atoms with Gasteiger partial charge in [-0.15, -0.1) is 0 Å². The van der Waals surface area contributed by atoms with Crippen LogP contribution in [0.5, 0.6) is 5.75 Å². The molecule has 0 atom stereocenters. The first kappa shape index (κ1) is 19.5. The lowest BCUT2D eigenvalue weighted by Gasteiger charge is -2.21. The molecule has 0 bridgehead atoms. The highest BCUT2D eigenvalue weighted by Crippen LogP contribution is 2.21. The van der Waals surface area contributed by atoms with E-state index >= 15 is 0 Å². The predicted molar refractivity (Wildman–Crippen MR) is 94.2 cm³/mol. The minimum Gasteiger partial charge on any atom is -0.494 e. The molecule has 2 rings (SSSR count). The lowest BCUT2D eigenvalue weighted by Crippen LogP contribution is -2.37. The van der Waals surface area contributed by atoms with Crippen molar-refractivity contribution in [2.45, 2.75) is 31.1 Å². The second kappa shape index (κ2) is 9.05. The minimum atomic E-state index is -3.58. The maximum Gasteiger partial charge on any atom is 0.409 e. The molecular weight excluding hydrogens is 344 g/mol. The molecule has 1 fully saturated rings. The van der Waals surface area contributed by atoms with Gasteiger partial charge in [-0.2, -0.15) is 4.31 Å². The average Bonchev–Trinajstić information content (AvgIpc) is 2.88. The number of amides is 1. The summed E-state index contributed by atoms with van der Waals surface area (Å²) in [5.41, 5.74) is 0. The molecule has 1 aliphatic rings. The first-order chi connectivity index (χ1) is 12.0. The van der Waals surface area contributed by atoms with Gasteiger partial charge in [-0.3, -0.25) is 0 Å². The number of hydrogen-bond donors (Lipinski definition) is 0. The van der Waals surface area contributed by atoms with Crippen LogP contribution in [-0.2, 0) is 14.8 Å². The average molecular weight is 370 g/mol. The summed E-state index contributed by atoms with van der Waals surface area (Å²) >= 11 is 0. The Kier molecular flexibility index (Phi) is 7.07. The van der Waals surface area contributed by atoms with Gasteiger partial charge in [0.2, 0.25) is 10.0 Å². The van der Waals surface area contributed by atoms with Gasteiger partial charge in [0, 0.05) is 26.2 Å². The Balaban J connectivity index is 2.04. The predicted octanol–water partition coefficient (Wildman–Crippen LogP) is 2.33. The third kappa shape index (κ3) is 5.09. The fraction of sp³-hybridized carbons (Fsp3) is 0.588. The minimum absolute atomic E-state index is 0.238. The van der Waals surface area contributed by atoms with Crippen LogP contribution in [0.15, 0.2) is 29.2 Å². The Morgan fingerprint density at radius 1 is 1.12 bits per heavy atom. The zero-order chi connectivity index (χ0) is 18.3. The van der Waals surface area contributed by atoms with Crippen LogP contribution in [-0.4, -0.2) is 63.6 Å². The molecule has 0 aromatic heterocycles. The highest BCUT2D eigenvalue weighted by atomic mass is 32.2. The molecule has 0 unspecified atom stereocenters. The molecule has 0 saturated carbocycles. The van der Waals surface area contributed by atoms with Crippen molar-refractivity contribution in [3.05, 3.63) is 24.3 Å². The lowest BCUT2D eigenvalue weighted by atomic mass is 10.3. The van der Waals surface area contributed by atoms with Crippen molar-refractivity contribution in [2.24, 2.45) is 0 Å². The van der Waals surface area contributed by atoms with E-state index in [0.29, 0.717) is 38.4 Å². The number of rotatable bonds is 6. The molecule has 25 heavy (non-hydrogen) atoms. The quantitative estimate of drug-likeness (QED) is 0.719. The summed E-state index contributed by atoms with van der Waals surface area (Å²) in [6, 6.07) is 6.50. The van der Waals surface area contributed by atoms with E-state index in [4.69, 9.17) is 9.47 Å². The molecule has 1 heterocycles. The van der Waals surface area contributed by atoms with Crippen molar-refractivity contribution in [1.82, 2.24) is 9.21 Å². The smallest absolute Gasteiger partial charge is 0.409 e. The largest absolute Gasteiger partial charge is 0.494 e. The molecule has 1 aromatic carbocycles. The summed E-state index contributed by atoms with van der Waals surface area (Å²) in [5.74, 6) is 0.667. The summed E-state index contributed by atoms with van der Waals surface area (Å²) in [5, 5.41) is 0. The van der Waals surface area contributed by atoms with E-state index in [1.807, 2.05) is 0 Å². The van der Waals surface area contributed by atoms with E-state index in [0.717, 1.165) is 12.8 Å². The maximum absolute atomic E-state index is 12.8. The Morgan fingerprint density at radius 3 is 2.48 bits per heavy atom. The maximum atomic E-state index is 12.8. The van der Waals surface area contributed by atoms with Crippen LogP contribution >= 0.6 is 0 Å². The molecule has 1 aliphatic heterocycles. The monoisotopic (exact) mass is 370 g/mol. The summed E-state index contributed by atoms with van der Waals surface area (Å²) < 4.78 is 37.3. The third-order valence-corrected chi connectivity index (χ3v) is 6.03. The van der Waals surface area contributed by atoms with Gasteiger partial charge >= 0.3 is 6.09 Å². The zero-order valence-corrected chi connectivity index (χ0v) is 15.6. The normalized spacial score (nSPS) is 16.3. The molecule has 1 amide bonds. The van der Waals surface area contributed by atoms with Gasteiger partial charge < -0.3 is 14.4 Å². The number of methoxy groups -OCH3 is 1. The van der Waals surface area contributed by atoms with Gasteiger partial charge in [0.25, 0.3) is 0 Å². The molecule has 0 aliphatic carbocycles. The highest BCUT2D eigenvalue weighted by Gasteiger charge is 2.28. The van der Waals surface area contributed by atoms with E-state index in [-0.39, 0.29) is 11.4 Å². The first-order valence-electron chi connectivity index (χ1n) is 8.55. The summed E-state index contributed by atoms with van der Waals surface area (Å²) in [6.07, 6.45) is 2.16. The molecule has 0 radical (unpaired) electrons. The second-order valence-corrected chi connectivity index (χ2v) is 7.83. The van der Waals surface area contributed by atoms with Gasteiger partial charge in [0.05, 0.1) is 18.6 Å². The van der Waals surface area contributed by atoms with Crippen LogP contribution in [0.25, 0.3) is 0 Å². The van der Waals surface area contributed by atoms with Crippen LogP contribution in [0.1, 0.15) is 26.2 Å². The number of nitrogens with zero attached hydrogens (tertiary/aromatic N) is 2. The Morgan fingerprint density at radius 2 is 1.84 bits per heavy atom. The first-order valence-corrected chi connectivity index (χ1v) is 9.99. The van der Waals surface area contributed by atoms with Gasteiger partial charge in [-0.25, -0.2) is 13.2 Å². The van der Waals surface area contributed by atoms with Crippen molar-refractivity contribution in [2.75, 3.05) is 39.9 Å².